The number of hydrogen-bond acceptors (Lipinski definition) is 8. The molecule has 1 heterocycles. The number of alkyl carbamates (subject to hydrolysis) is 1. The quantitative estimate of drug-likeness (QED) is 0.242. The SMILES string of the molecule is CC(C)(C)OC(=O)C[N+]1(CCNC(=O)OCc2ccccc2)CCC(C(=O)OCc2ccccc2)CC1.O=C([O-])C(F)(F)F. The highest BCUT2D eigenvalue weighted by atomic mass is 19.4. The lowest BCUT2D eigenvalue weighted by Gasteiger charge is -2.42. The Hall–Kier alpha value is -4.13. The van der Waals surface area contributed by atoms with Gasteiger partial charge < -0.3 is 33.9 Å². The molecular formula is C31H39F3N2O8. The zero-order valence-corrected chi connectivity index (χ0v) is 25.1. The van der Waals surface area contributed by atoms with Crippen LogP contribution in [0.4, 0.5) is 18.0 Å². The van der Waals surface area contributed by atoms with Crippen LogP contribution in [-0.2, 0) is 41.8 Å². The Labute approximate surface area is 254 Å². The third-order valence-electron chi connectivity index (χ3n) is 6.65. The molecule has 1 aliphatic rings. The van der Waals surface area contributed by atoms with E-state index in [2.05, 4.69) is 5.32 Å². The van der Waals surface area contributed by atoms with Gasteiger partial charge in [-0.3, -0.25) is 4.79 Å². The molecule has 0 bridgehead atoms. The van der Waals surface area contributed by atoms with Gasteiger partial charge >= 0.3 is 24.2 Å². The minimum atomic E-state index is -5.19. The van der Waals surface area contributed by atoms with Gasteiger partial charge in [-0.1, -0.05) is 60.7 Å². The van der Waals surface area contributed by atoms with Crippen molar-refractivity contribution in [1.29, 1.82) is 0 Å². The van der Waals surface area contributed by atoms with Crippen LogP contribution in [0.2, 0.25) is 0 Å². The summed E-state index contributed by atoms with van der Waals surface area (Å²) in [4.78, 5) is 46.4. The summed E-state index contributed by atoms with van der Waals surface area (Å²) in [5.41, 5.74) is 1.28. The van der Waals surface area contributed by atoms with Crippen LogP contribution in [0.1, 0.15) is 44.7 Å². The lowest BCUT2D eigenvalue weighted by Crippen LogP contribution is -2.59. The highest BCUT2D eigenvalue weighted by molar-refractivity contribution is 5.73. The van der Waals surface area contributed by atoms with Gasteiger partial charge in [0, 0.05) is 12.8 Å². The largest absolute Gasteiger partial charge is 0.542 e. The maximum atomic E-state index is 12.7. The van der Waals surface area contributed by atoms with Gasteiger partial charge in [-0.05, 0) is 31.9 Å². The van der Waals surface area contributed by atoms with Crippen LogP contribution in [0.25, 0.3) is 0 Å². The number of piperidine rings is 1. The number of aliphatic carboxylic acids is 1. The van der Waals surface area contributed by atoms with E-state index in [4.69, 9.17) is 24.1 Å². The average Bonchev–Trinajstić information content (AvgIpc) is 2.95. The van der Waals surface area contributed by atoms with Crippen LogP contribution in [0.15, 0.2) is 60.7 Å². The number of carbonyl (C=O) groups excluding carboxylic acids is 4. The van der Waals surface area contributed by atoms with Gasteiger partial charge in [0.05, 0.1) is 32.1 Å². The predicted octanol–water partition coefficient (Wildman–Crippen LogP) is 3.52. The summed E-state index contributed by atoms with van der Waals surface area (Å²) >= 11 is 0. The van der Waals surface area contributed by atoms with Gasteiger partial charge in [0.25, 0.3) is 0 Å². The number of ether oxygens (including phenoxy) is 3. The summed E-state index contributed by atoms with van der Waals surface area (Å²) in [6, 6.07) is 19.1. The minimum Gasteiger partial charge on any atom is -0.542 e. The first-order chi connectivity index (χ1) is 20.6. The van der Waals surface area contributed by atoms with Crippen molar-refractivity contribution in [2.24, 2.45) is 5.92 Å². The summed E-state index contributed by atoms with van der Waals surface area (Å²) < 4.78 is 48.4. The minimum absolute atomic E-state index is 0.184. The molecule has 1 amide bonds. The Morgan fingerprint density at radius 1 is 0.864 bits per heavy atom. The average molecular weight is 625 g/mol. The molecule has 242 valence electrons. The first kappa shape index (κ1) is 36.1. The van der Waals surface area contributed by atoms with Gasteiger partial charge in [-0.2, -0.15) is 13.2 Å². The Morgan fingerprint density at radius 2 is 1.34 bits per heavy atom. The van der Waals surface area contributed by atoms with Crippen molar-refractivity contribution in [3.8, 4) is 0 Å². The zero-order valence-electron chi connectivity index (χ0n) is 25.1. The van der Waals surface area contributed by atoms with E-state index in [-0.39, 0.29) is 37.6 Å². The van der Waals surface area contributed by atoms with E-state index in [9.17, 15) is 27.6 Å². The number of carbonyl (C=O) groups is 4. The summed E-state index contributed by atoms with van der Waals surface area (Å²) in [6.45, 7) is 8.27. The number of carboxylic acids is 1. The first-order valence-corrected chi connectivity index (χ1v) is 14.1. The molecule has 0 spiro atoms. The van der Waals surface area contributed by atoms with E-state index < -0.39 is 23.8 Å². The molecule has 1 aliphatic heterocycles. The summed E-state index contributed by atoms with van der Waals surface area (Å²) in [5, 5.41) is 11.6. The van der Waals surface area contributed by atoms with Crippen molar-refractivity contribution in [1.82, 2.24) is 5.32 Å². The van der Waals surface area contributed by atoms with Crippen molar-refractivity contribution < 1.29 is 56.1 Å². The van der Waals surface area contributed by atoms with E-state index in [0.29, 0.717) is 43.5 Å². The molecule has 1 N–H and O–H groups in total. The molecular weight excluding hydrogens is 585 g/mol. The lowest BCUT2D eigenvalue weighted by atomic mass is 9.94. The number of likely N-dealkylation sites (tertiary alicyclic amines) is 1. The third-order valence-corrected chi connectivity index (χ3v) is 6.65. The molecule has 0 radical (unpaired) electrons. The van der Waals surface area contributed by atoms with Gasteiger partial charge in [-0.15, -0.1) is 0 Å². The number of alkyl halides is 3. The number of esters is 2. The normalized spacial score (nSPS) is 18.2. The van der Waals surface area contributed by atoms with Crippen LogP contribution in [0.5, 0.6) is 0 Å². The summed E-state index contributed by atoms with van der Waals surface area (Å²) in [7, 11) is 0. The van der Waals surface area contributed by atoms with Crippen LogP contribution in [0.3, 0.4) is 0 Å². The highest BCUT2D eigenvalue weighted by Crippen LogP contribution is 2.26. The second kappa shape index (κ2) is 16.6. The van der Waals surface area contributed by atoms with Gasteiger partial charge in [0.1, 0.15) is 24.8 Å². The van der Waals surface area contributed by atoms with Crippen LogP contribution in [-0.4, -0.2) is 73.0 Å². The molecule has 1 fully saturated rings. The molecule has 0 saturated carbocycles. The molecule has 10 nitrogen and oxygen atoms in total. The molecule has 0 atom stereocenters. The Bertz CT molecular complexity index is 1200. The van der Waals surface area contributed by atoms with Crippen molar-refractivity contribution in [2.45, 2.75) is 58.6 Å². The van der Waals surface area contributed by atoms with Crippen LogP contribution < -0.4 is 10.4 Å². The number of carboxylic acid groups (broad SMARTS) is 1. The topological polar surface area (TPSA) is 131 Å². The Balaban J connectivity index is 0.000000860. The second-order valence-corrected chi connectivity index (χ2v) is 11.4. The number of benzene rings is 2. The van der Waals surface area contributed by atoms with E-state index in [1.165, 1.54) is 0 Å². The fraction of sp³-hybridized carbons (Fsp3) is 0.484. The van der Waals surface area contributed by atoms with Crippen molar-refractivity contribution in [3.05, 3.63) is 71.8 Å². The number of nitrogens with zero attached hydrogens (tertiary/aromatic N) is 1. The summed E-state index contributed by atoms with van der Waals surface area (Å²) in [6.07, 6.45) is -4.48. The number of rotatable bonds is 10. The van der Waals surface area contributed by atoms with Crippen LogP contribution >= 0.6 is 0 Å². The number of nitrogens with one attached hydrogen (secondary N) is 1. The van der Waals surface area contributed by atoms with Crippen molar-refractivity contribution in [3.63, 3.8) is 0 Å². The van der Waals surface area contributed by atoms with Gasteiger partial charge in [0.2, 0.25) is 0 Å². The smallest absolute Gasteiger partial charge is 0.430 e. The maximum Gasteiger partial charge on any atom is 0.430 e. The van der Waals surface area contributed by atoms with Crippen molar-refractivity contribution in [2.75, 3.05) is 32.7 Å². The second-order valence-electron chi connectivity index (χ2n) is 11.4. The van der Waals surface area contributed by atoms with Crippen LogP contribution in [0, 0.1) is 5.92 Å². The highest BCUT2D eigenvalue weighted by Gasteiger charge is 2.39. The Kier molecular flexibility index (Phi) is 13.6. The van der Waals surface area contributed by atoms with Gasteiger partial charge in [-0.25, -0.2) is 9.59 Å². The molecule has 1 saturated heterocycles. The molecule has 0 aromatic heterocycles. The number of quaternary nitrogens is 1. The molecule has 3 rings (SSSR count). The van der Waals surface area contributed by atoms with Crippen molar-refractivity contribution >= 4 is 24.0 Å². The predicted molar refractivity (Wildman–Crippen MR) is 150 cm³/mol. The van der Waals surface area contributed by atoms with E-state index in [0.717, 1.165) is 11.1 Å². The number of amides is 1. The standard InChI is InChI=1S/C29H38N2O6.C2HF3O2/c1-29(2,3)37-26(32)20-31(19-16-30-28(34)36-22-24-12-8-5-9-13-24)17-14-25(15-18-31)27(33)35-21-23-10-6-4-7-11-23;3-2(4,5)1(6)7/h4-13,25H,14-22H2,1-3H3;(H,6,7). The monoisotopic (exact) mass is 624 g/mol. The molecule has 44 heavy (non-hydrogen) atoms. The van der Waals surface area contributed by atoms with Gasteiger partial charge in [0.15, 0.2) is 6.54 Å². The molecule has 0 aliphatic carbocycles. The van der Waals surface area contributed by atoms with E-state index >= 15 is 0 Å². The molecule has 0 unspecified atom stereocenters. The fourth-order valence-electron chi connectivity index (χ4n) is 4.48. The number of halogens is 3. The van der Waals surface area contributed by atoms with E-state index in [1.807, 2.05) is 81.4 Å². The maximum absolute atomic E-state index is 12.7. The number of hydrogen-bond donors (Lipinski definition) is 1. The zero-order chi connectivity index (χ0) is 32.8. The third kappa shape index (κ3) is 13.9. The fourth-order valence-corrected chi connectivity index (χ4v) is 4.48. The summed E-state index contributed by atoms with van der Waals surface area (Å²) in [5.74, 6) is -3.71. The first-order valence-electron chi connectivity index (χ1n) is 14.1. The van der Waals surface area contributed by atoms with E-state index in [1.54, 1.807) is 0 Å². The Morgan fingerprint density at radius 3 is 1.80 bits per heavy atom. The molecule has 2 aromatic rings. The lowest BCUT2D eigenvalue weighted by molar-refractivity contribution is -0.925. The molecule has 13 heteroatoms. The molecule has 2 aromatic carbocycles.